The molecule has 0 radical (unpaired) electrons. The average Bonchev–Trinajstić information content (AvgIpc) is 2.68. The number of nitrogens with one attached hydrogen (secondary N) is 2. The molecule has 0 saturated heterocycles. The minimum atomic E-state index is -4.29. The molecule has 174 valence electrons. The third-order valence-corrected chi connectivity index (χ3v) is 10.1. The summed E-state index contributed by atoms with van der Waals surface area (Å²) in [5.41, 5.74) is 3.98. The van der Waals surface area contributed by atoms with Gasteiger partial charge in [0.2, 0.25) is 21.8 Å². The number of sulfonamides is 1. The summed E-state index contributed by atoms with van der Waals surface area (Å²) in [6.07, 6.45) is 5.46. The molecular weight excluding hydrogens is 457 g/mol. The van der Waals surface area contributed by atoms with E-state index in [1.807, 2.05) is 0 Å². The fraction of sp³-hybridized carbons (Fsp3) is 0.636. The zero-order chi connectivity index (χ0) is 22.9. The van der Waals surface area contributed by atoms with Crippen molar-refractivity contribution in [3.63, 3.8) is 0 Å². The van der Waals surface area contributed by atoms with E-state index in [-0.39, 0.29) is 34.7 Å². The Bertz CT molecular complexity index is 1070. The van der Waals surface area contributed by atoms with Crippen molar-refractivity contribution < 1.29 is 22.4 Å². The molecule has 32 heavy (non-hydrogen) atoms. The van der Waals surface area contributed by atoms with E-state index in [9.17, 15) is 22.4 Å². The molecule has 2 unspecified atom stereocenters. The van der Waals surface area contributed by atoms with Crippen LogP contribution >= 0.6 is 11.6 Å². The van der Waals surface area contributed by atoms with Gasteiger partial charge in [0.25, 0.3) is 0 Å². The maximum Gasteiger partial charge on any atom is 0.244 e. The predicted molar refractivity (Wildman–Crippen MR) is 115 cm³/mol. The third-order valence-electron chi connectivity index (χ3n) is 8.27. The summed E-state index contributed by atoms with van der Waals surface area (Å²) in [5, 5.41) is 2.83. The molecule has 4 N–H and O–H groups in total. The van der Waals surface area contributed by atoms with Gasteiger partial charge in [0.15, 0.2) is 5.82 Å². The Morgan fingerprint density at radius 3 is 2.34 bits per heavy atom. The molecule has 7 nitrogen and oxygen atoms in total. The number of nitrogens with two attached hydrogens (primary N) is 1. The number of primary amides is 1. The van der Waals surface area contributed by atoms with Crippen LogP contribution < -0.4 is 15.8 Å². The summed E-state index contributed by atoms with van der Waals surface area (Å²) in [6.45, 7) is 0. The number of benzene rings is 1. The van der Waals surface area contributed by atoms with Gasteiger partial charge in [-0.2, -0.15) is 4.72 Å². The topological polar surface area (TPSA) is 118 Å². The SMILES string of the molecule is NC(=O)C12CC3CC(C1)C(NC(=O)C1(NS(=O)(=O)c4cccc(Cl)c4F)CCC1)C(C3)C2. The first-order valence-electron chi connectivity index (χ1n) is 11.1. The quantitative estimate of drug-likeness (QED) is 0.576. The van der Waals surface area contributed by atoms with Crippen LogP contribution in [0.5, 0.6) is 0 Å². The van der Waals surface area contributed by atoms with Crippen LogP contribution in [-0.2, 0) is 19.6 Å². The summed E-state index contributed by atoms with van der Waals surface area (Å²) in [5.74, 6) is -0.869. The van der Waals surface area contributed by atoms with Gasteiger partial charge in [0, 0.05) is 11.5 Å². The molecule has 5 saturated carbocycles. The molecule has 6 rings (SSSR count). The highest BCUT2D eigenvalue weighted by Gasteiger charge is 2.59. The lowest BCUT2D eigenvalue weighted by molar-refractivity contribution is -0.149. The first-order valence-corrected chi connectivity index (χ1v) is 13.0. The number of halogens is 2. The number of hydrogen-bond donors (Lipinski definition) is 3. The monoisotopic (exact) mass is 483 g/mol. The lowest BCUT2D eigenvalue weighted by Crippen LogP contribution is -2.68. The second-order valence-corrected chi connectivity index (χ2v) is 12.3. The Morgan fingerprint density at radius 1 is 1.12 bits per heavy atom. The molecule has 0 spiro atoms. The molecule has 2 amide bonds. The normalized spacial score (nSPS) is 34.7. The maximum absolute atomic E-state index is 14.4. The molecule has 2 atom stereocenters. The lowest BCUT2D eigenvalue weighted by Gasteiger charge is -2.59. The molecule has 0 aromatic heterocycles. The first-order chi connectivity index (χ1) is 15.1. The maximum atomic E-state index is 14.4. The van der Waals surface area contributed by atoms with Crippen molar-refractivity contribution in [1.82, 2.24) is 10.0 Å². The minimum Gasteiger partial charge on any atom is -0.369 e. The summed E-state index contributed by atoms with van der Waals surface area (Å²) < 4.78 is 42.7. The van der Waals surface area contributed by atoms with Crippen molar-refractivity contribution in [2.24, 2.45) is 28.9 Å². The van der Waals surface area contributed by atoms with Crippen molar-refractivity contribution in [3.05, 3.63) is 29.0 Å². The largest absolute Gasteiger partial charge is 0.369 e. The van der Waals surface area contributed by atoms with Gasteiger partial charge in [-0.3, -0.25) is 9.59 Å². The zero-order valence-electron chi connectivity index (χ0n) is 17.6. The van der Waals surface area contributed by atoms with Gasteiger partial charge in [0.05, 0.1) is 5.02 Å². The Balaban J connectivity index is 1.35. The summed E-state index contributed by atoms with van der Waals surface area (Å²) in [6, 6.07) is 3.66. The van der Waals surface area contributed by atoms with E-state index in [1.54, 1.807) is 0 Å². The van der Waals surface area contributed by atoms with Crippen molar-refractivity contribution in [2.45, 2.75) is 67.8 Å². The van der Waals surface area contributed by atoms with E-state index < -0.39 is 31.7 Å². The number of amides is 2. The Kier molecular flexibility index (Phi) is 5.11. The van der Waals surface area contributed by atoms with Gasteiger partial charge >= 0.3 is 0 Å². The summed E-state index contributed by atoms with van der Waals surface area (Å²) in [4.78, 5) is 25.0. The fourth-order valence-electron chi connectivity index (χ4n) is 6.76. The van der Waals surface area contributed by atoms with Gasteiger partial charge in [0.1, 0.15) is 10.4 Å². The molecule has 1 aromatic carbocycles. The highest BCUT2D eigenvalue weighted by atomic mass is 35.5. The molecular formula is C22H27ClFN3O4S. The third kappa shape index (κ3) is 3.35. The highest BCUT2D eigenvalue weighted by Crippen LogP contribution is 2.60. The number of hydrogen-bond acceptors (Lipinski definition) is 4. The molecule has 0 heterocycles. The standard InChI is InChI=1S/C22H27ClFN3O4S/c23-15-3-1-4-16(17(15)24)32(30,31)27-22(5-2-6-22)20(29)26-18-13-7-12-8-14(18)11-21(9-12,10-13)19(25)28/h1,3-4,12-14,18,27H,2,5-11H2,(H2,25,28)(H,26,29). The molecule has 4 bridgehead atoms. The van der Waals surface area contributed by atoms with E-state index >= 15 is 0 Å². The average molecular weight is 484 g/mol. The van der Waals surface area contributed by atoms with Gasteiger partial charge in [-0.05, 0) is 81.3 Å². The Labute approximate surface area is 191 Å². The Hall–Kier alpha value is -1.71. The molecule has 5 fully saturated rings. The molecule has 10 heteroatoms. The number of rotatable bonds is 6. The van der Waals surface area contributed by atoms with Crippen molar-refractivity contribution >= 4 is 33.4 Å². The molecule has 5 aliphatic carbocycles. The van der Waals surface area contributed by atoms with E-state index in [0.717, 1.165) is 25.3 Å². The van der Waals surface area contributed by atoms with Crippen molar-refractivity contribution in [1.29, 1.82) is 0 Å². The first kappa shape index (κ1) is 22.1. The van der Waals surface area contributed by atoms with Gasteiger partial charge in [-0.25, -0.2) is 12.8 Å². The summed E-state index contributed by atoms with van der Waals surface area (Å²) >= 11 is 5.75. The predicted octanol–water partition coefficient (Wildman–Crippen LogP) is 2.48. The second kappa shape index (κ2) is 7.40. The van der Waals surface area contributed by atoms with Crippen LogP contribution in [0.3, 0.4) is 0 Å². The van der Waals surface area contributed by atoms with Crippen LogP contribution in [0.1, 0.15) is 51.4 Å². The van der Waals surface area contributed by atoms with Crippen LogP contribution in [0.15, 0.2) is 23.1 Å². The van der Waals surface area contributed by atoms with Gasteiger partial charge in [-0.15, -0.1) is 0 Å². The van der Waals surface area contributed by atoms with E-state index in [0.29, 0.717) is 38.0 Å². The summed E-state index contributed by atoms with van der Waals surface area (Å²) in [7, 11) is -4.29. The molecule has 1 aromatic rings. The van der Waals surface area contributed by atoms with Gasteiger partial charge < -0.3 is 11.1 Å². The fourth-order valence-corrected chi connectivity index (χ4v) is 8.52. The van der Waals surface area contributed by atoms with E-state index in [2.05, 4.69) is 10.0 Å². The number of carbonyl (C=O) groups is 2. The second-order valence-electron chi connectivity index (χ2n) is 10.2. The Morgan fingerprint density at radius 2 is 1.78 bits per heavy atom. The van der Waals surface area contributed by atoms with Crippen LogP contribution in [0.4, 0.5) is 4.39 Å². The van der Waals surface area contributed by atoms with Crippen molar-refractivity contribution in [3.8, 4) is 0 Å². The molecule has 5 aliphatic rings. The molecule has 0 aliphatic heterocycles. The lowest BCUT2D eigenvalue weighted by atomic mass is 9.47. The van der Waals surface area contributed by atoms with Gasteiger partial charge in [-0.1, -0.05) is 17.7 Å². The van der Waals surface area contributed by atoms with Crippen LogP contribution in [0.25, 0.3) is 0 Å². The smallest absolute Gasteiger partial charge is 0.244 e. The number of carbonyl (C=O) groups excluding carboxylic acids is 2. The minimum absolute atomic E-state index is 0.101. The van der Waals surface area contributed by atoms with Crippen LogP contribution in [-0.4, -0.2) is 31.8 Å². The van der Waals surface area contributed by atoms with E-state index in [1.165, 1.54) is 12.1 Å². The highest BCUT2D eigenvalue weighted by molar-refractivity contribution is 7.89. The van der Waals surface area contributed by atoms with E-state index in [4.69, 9.17) is 17.3 Å². The van der Waals surface area contributed by atoms with Crippen LogP contribution in [0, 0.1) is 29.0 Å². The zero-order valence-corrected chi connectivity index (χ0v) is 19.1. The van der Waals surface area contributed by atoms with Crippen LogP contribution in [0.2, 0.25) is 5.02 Å². The van der Waals surface area contributed by atoms with Crippen molar-refractivity contribution in [2.75, 3.05) is 0 Å².